The fourth-order valence-electron chi connectivity index (χ4n) is 1.14. The van der Waals surface area contributed by atoms with Gasteiger partial charge < -0.3 is 10.8 Å². The molecule has 78 valence electrons. The summed E-state index contributed by atoms with van der Waals surface area (Å²) < 4.78 is 30.7. The molecule has 1 aromatic rings. The van der Waals surface area contributed by atoms with Gasteiger partial charge in [-0.2, -0.15) is 8.42 Å². The van der Waals surface area contributed by atoms with Crippen LogP contribution in [0, 0.1) is 0 Å². The third-order valence-corrected chi connectivity index (χ3v) is 2.69. The molecular formula is C8H11NO4S. The summed E-state index contributed by atoms with van der Waals surface area (Å²) in [5, 5.41) is 8.67. The Morgan fingerprint density at radius 3 is 2.50 bits per heavy atom. The van der Waals surface area contributed by atoms with Crippen LogP contribution < -0.4 is 5.73 Å². The van der Waals surface area contributed by atoms with Gasteiger partial charge in [0, 0.05) is 12.3 Å². The Labute approximate surface area is 81.9 Å². The van der Waals surface area contributed by atoms with E-state index < -0.39 is 10.1 Å². The van der Waals surface area contributed by atoms with Crippen LogP contribution in [0.1, 0.15) is 5.56 Å². The summed E-state index contributed by atoms with van der Waals surface area (Å²) in [5.41, 5.74) is 5.98. The number of rotatable bonds is 3. The third kappa shape index (κ3) is 2.44. The van der Waals surface area contributed by atoms with Gasteiger partial charge in [0.25, 0.3) is 10.1 Å². The van der Waals surface area contributed by atoms with Crippen LogP contribution in [0.15, 0.2) is 23.1 Å². The van der Waals surface area contributed by atoms with E-state index in [1.807, 2.05) is 0 Å². The molecule has 14 heavy (non-hydrogen) atoms. The van der Waals surface area contributed by atoms with Crippen LogP contribution >= 0.6 is 0 Å². The maximum atomic E-state index is 10.9. The fourth-order valence-corrected chi connectivity index (χ4v) is 1.92. The zero-order valence-electron chi connectivity index (χ0n) is 7.34. The number of benzene rings is 1. The number of aliphatic hydroxyl groups excluding tert-OH is 1. The zero-order chi connectivity index (χ0) is 10.8. The number of aliphatic hydroxyl groups is 1. The summed E-state index contributed by atoms with van der Waals surface area (Å²) in [6.45, 7) is -0.188. The van der Waals surface area contributed by atoms with E-state index in [9.17, 15) is 8.42 Å². The second-order valence-electron chi connectivity index (χ2n) is 2.82. The van der Waals surface area contributed by atoms with Gasteiger partial charge in [-0.05, 0) is 24.1 Å². The fraction of sp³-hybridized carbons (Fsp3) is 0.250. The molecular weight excluding hydrogens is 206 g/mol. The Morgan fingerprint density at radius 1 is 1.36 bits per heavy atom. The van der Waals surface area contributed by atoms with Crippen molar-refractivity contribution in [2.75, 3.05) is 12.3 Å². The third-order valence-electron chi connectivity index (χ3n) is 1.75. The molecule has 0 fully saturated rings. The van der Waals surface area contributed by atoms with Gasteiger partial charge >= 0.3 is 0 Å². The van der Waals surface area contributed by atoms with Gasteiger partial charge in [0.15, 0.2) is 0 Å². The Bertz CT molecular complexity index is 427. The first-order valence-electron chi connectivity index (χ1n) is 3.92. The summed E-state index contributed by atoms with van der Waals surface area (Å²) in [7, 11) is -4.27. The average Bonchev–Trinajstić information content (AvgIpc) is 2.07. The molecule has 1 rings (SSSR count). The van der Waals surface area contributed by atoms with E-state index in [1.54, 1.807) is 0 Å². The van der Waals surface area contributed by atoms with Crippen molar-refractivity contribution in [2.24, 2.45) is 0 Å². The SMILES string of the molecule is Nc1ccc(CCO)c(S(=O)(=O)O)c1. The first-order chi connectivity index (χ1) is 6.45. The van der Waals surface area contributed by atoms with Crippen molar-refractivity contribution in [3.63, 3.8) is 0 Å². The van der Waals surface area contributed by atoms with Gasteiger partial charge in [-0.15, -0.1) is 0 Å². The molecule has 0 aliphatic heterocycles. The minimum absolute atomic E-state index is 0.162. The van der Waals surface area contributed by atoms with E-state index in [0.29, 0.717) is 5.56 Å². The van der Waals surface area contributed by atoms with Gasteiger partial charge in [-0.1, -0.05) is 6.07 Å². The molecule has 0 bridgehead atoms. The highest BCUT2D eigenvalue weighted by molar-refractivity contribution is 7.85. The Morgan fingerprint density at radius 2 is 2.00 bits per heavy atom. The largest absolute Gasteiger partial charge is 0.399 e. The van der Waals surface area contributed by atoms with Crippen molar-refractivity contribution in [3.05, 3.63) is 23.8 Å². The highest BCUT2D eigenvalue weighted by atomic mass is 32.2. The lowest BCUT2D eigenvalue weighted by Gasteiger charge is -2.06. The van der Waals surface area contributed by atoms with Crippen molar-refractivity contribution < 1.29 is 18.1 Å². The van der Waals surface area contributed by atoms with Crippen LogP contribution in [0.25, 0.3) is 0 Å². The first-order valence-corrected chi connectivity index (χ1v) is 5.36. The quantitative estimate of drug-likeness (QED) is 0.490. The summed E-state index contributed by atoms with van der Waals surface area (Å²) in [6, 6.07) is 4.15. The van der Waals surface area contributed by atoms with Gasteiger partial charge in [0.05, 0.1) is 4.90 Å². The minimum atomic E-state index is -4.27. The molecule has 4 N–H and O–H groups in total. The molecule has 0 heterocycles. The van der Waals surface area contributed by atoms with Crippen LogP contribution in [-0.2, 0) is 16.5 Å². The zero-order valence-corrected chi connectivity index (χ0v) is 8.16. The number of hydrogen-bond acceptors (Lipinski definition) is 4. The first kappa shape index (κ1) is 11.0. The maximum Gasteiger partial charge on any atom is 0.294 e. The van der Waals surface area contributed by atoms with E-state index in [2.05, 4.69) is 0 Å². The summed E-state index contributed by atoms with van der Waals surface area (Å²) in [6.07, 6.45) is 0.162. The van der Waals surface area contributed by atoms with Crippen LogP contribution in [0.2, 0.25) is 0 Å². The predicted molar refractivity (Wildman–Crippen MR) is 51.5 cm³/mol. The highest BCUT2D eigenvalue weighted by Crippen LogP contribution is 2.19. The van der Waals surface area contributed by atoms with Crippen molar-refractivity contribution in [2.45, 2.75) is 11.3 Å². The second kappa shape index (κ2) is 3.95. The van der Waals surface area contributed by atoms with Crippen molar-refractivity contribution in [1.82, 2.24) is 0 Å². The van der Waals surface area contributed by atoms with Crippen LogP contribution in [-0.4, -0.2) is 24.7 Å². The van der Waals surface area contributed by atoms with E-state index in [4.69, 9.17) is 15.4 Å². The molecule has 0 aliphatic carbocycles. The van der Waals surface area contributed by atoms with Gasteiger partial charge in [-0.3, -0.25) is 4.55 Å². The Hall–Kier alpha value is -1.11. The van der Waals surface area contributed by atoms with Crippen molar-refractivity contribution in [1.29, 1.82) is 0 Å². The molecule has 0 atom stereocenters. The van der Waals surface area contributed by atoms with Crippen LogP contribution in [0.3, 0.4) is 0 Å². The number of nitrogen functional groups attached to an aromatic ring is 1. The average molecular weight is 217 g/mol. The standard InChI is InChI=1S/C8H11NO4S/c9-7-2-1-6(3-4-10)8(5-7)14(11,12)13/h1-2,5,10H,3-4,9H2,(H,11,12,13). The molecule has 0 saturated carbocycles. The summed E-state index contributed by atoms with van der Waals surface area (Å²) >= 11 is 0. The topological polar surface area (TPSA) is 101 Å². The number of anilines is 1. The van der Waals surface area contributed by atoms with E-state index in [1.165, 1.54) is 18.2 Å². The van der Waals surface area contributed by atoms with Crippen molar-refractivity contribution >= 4 is 15.8 Å². The van der Waals surface area contributed by atoms with E-state index in [0.717, 1.165) is 0 Å². The highest BCUT2D eigenvalue weighted by Gasteiger charge is 2.14. The molecule has 0 radical (unpaired) electrons. The molecule has 5 nitrogen and oxygen atoms in total. The lowest BCUT2D eigenvalue weighted by atomic mass is 10.1. The predicted octanol–water partition coefficient (Wildman–Crippen LogP) is 0.0503. The second-order valence-corrected chi connectivity index (χ2v) is 4.21. The smallest absolute Gasteiger partial charge is 0.294 e. The minimum Gasteiger partial charge on any atom is -0.399 e. The van der Waals surface area contributed by atoms with Crippen molar-refractivity contribution in [3.8, 4) is 0 Å². The van der Waals surface area contributed by atoms with E-state index in [-0.39, 0.29) is 23.6 Å². The number of hydrogen-bond donors (Lipinski definition) is 3. The number of nitrogens with two attached hydrogens (primary N) is 1. The van der Waals surface area contributed by atoms with E-state index >= 15 is 0 Å². The van der Waals surface area contributed by atoms with Crippen LogP contribution in [0.5, 0.6) is 0 Å². The Kier molecular flexibility index (Phi) is 3.10. The van der Waals surface area contributed by atoms with Crippen LogP contribution in [0.4, 0.5) is 5.69 Å². The molecule has 6 heteroatoms. The molecule has 0 spiro atoms. The maximum absolute atomic E-state index is 10.9. The lowest BCUT2D eigenvalue weighted by Crippen LogP contribution is -2.05. The molecule has 0 saturated heterocycles. The van der Waals surface area contributed by atoms with Gasteiger partial charge in [0.1, 0.15) is 0 Å². The molecule has 0 aromatic heterocycles. The normalized spacial score (nSPS) is 11.6. The van der Waals surface area contributed by atoms with Gasteiger partial charge in [-0.25, -0.2) is 0 Å². The molecule has 1 aromatic carbocycles. The molecule has 0 amide bonds. The monoisotopic (exact) mass is 217 g/mol. The lowest BCUT2D eigenvalue weighted by molar-refractivity contribution is 0.298. The molecule has 0 unspecified atom stereocenters. The Balaban J connectivity index is 3.30. The summed E-state index contributed by atoms with van der Waals surface area (Å²) in [5.74, 6) is 0. The van der Waals surface area contributed by atoms with Gasteiger partial charge in [0.2, 0.25) is 0 Å². The molecule has 0 aliphatic rings. The summed E-state index contributed by atoms with van der Waals surface area (Å²) in [4.78, 5) is -0.244.